The van der Waals surface area contributed by atoms with Crippen molar-refractivity contribution < 1.29 is 17.6 Å². The maximum Gasteiger partial charge on any atom is 0.419 e. The largest absolute Gasteiger partial charge is 0.419 e. The molecule has 0 radical (unpaired) electrons. The highest BCUT2D eigenvalue weighted by atomic mass is 19.4. The number of fused-ring (bicyclic) bond motifs is 1. The summed E-state index contributed by atoms with van der Waals surface area (Å²) in [7, 11) is 0. The minimum atomic E-state index is -4.62. The average molecular weight is 245 g/mol. The zero-order chi connectivity index (χ0) is 12.3. The third kappa shape index (κ3) is 1.56. The van der Waals surface area contributed by atoms with E-state index < -0.39 is 17.6 Å². The van der Waals surface area contributed by atoms with Gasteiger partial charge in [-0.25, -0.2) is 4.39 Å². The maximum absolute atomic E-state index is 13.2. The number of piperidine rings is 1. The fourth-order valence-corrected chi connectivity index (χ4v) is 2.84. The van der Waals surface area contributed by atoms with Crippen LogP contribution in [0.5, 0.6) is 0 Å². The van der Waals surface area contributed by atoms with Crippen molar-refractivity contribution in [2.45, 2.75) is 18.0 Å². The molecule has 17 heavy (non-hydrogen) atoms. The lowest BCUT2D eigenvalue weighted by atomic mass is 9.93. The van der Waals surface area contributed by atoms with Crippen LogP contribution < -0.4 is 5.32 Å². The highest BCUT2D eigenvalue weighted by molar-refractivity contribution is 5.40. The Hall–Kier alpha value is -1.10. The van der Waals surface area contributed by atoms with Crippen LogP contribution >= 0.6 is 0 Å². The Balaban J connectivity index is 2.03. The van der Waals surface area contributed by atoms with Gasteiger partial charge in [0.2, 0.25) is 0 Å². The number of alkyl halides is 3. The van der Waals surface area contributed by atoms with Crippen molar-refractivity contribution in [2.24, 2.45) is 5.92 Å². The van der Waals surface area contributed by atoms with E-state index in [2.05, 4.69) is 5.32 Å². The molecule has 1 N–H and O–H groups in total. The summed E-state index contributed by atoms with van der Waals surface area (Å²) < 4.78 is 51.0. The molecule has 1 heterocycles. The van der Waals surface area contributed by atoms with Crippen LogP contribution in [-0.2, 0) is 11.6 Å². The highest BCUT2D eigenvalue weighted by Gasteiger charge is 2.58. The second-order valence-electron chi connectivity index (χ2n) is 4.88. The number of hydrogen-bond donors (Lipinski definition) is 1. The number of rotatable bonds is 1. The minimum Gasteiger partial charge on any atom is -0.316 e. The number of nitrogens with one attached hydrogen (secondary N) is 1. The van der Waals surface area contributed by atoms with Gasteiger partial charge in [0, 0.05) is 12.0 Å². The molecule has 92 valence electrons. The zero-order valence-corrected chi connectivity index (χ0v) is 8.94. The molecule has 5 heteroatoms. The standard InChI is InChI=1S/C12H11F4N/c13-10-2-1-7(3-9(10)12(14,15)16)11-4-8(11)5-17-6-11/h1-3,8,17H,4-6H2. The van der Waals surface area contributed by atoms with Crippen molar-refractivity contribution >= 4 is 0 Å². The predicted molar refractivity (Wildman–Crippen MR) is 54.1 cm³/mol. The van der Waals surface area contributed by atoms with Crippen LogP contribution in [0, 0.1) is 11.7 Å². The molecule has 3 rings (SSSR count). The van der Waals surface area contributed by atoms with Crippen LogP contribution in [0.1, 0.15) is 17.5 Å². The topological polar surface area (TPSA) is 12.0 Å². The SMILES string of the molecule is Fc1ccc(C23CNCC2C3)cc1C(F)(F)F. The molecular weight excluding hydrogens is 234 g/mol. The van der Waals surface area contributed by atoms with Gasteiger partial charge >= 0.3 is 6.18 Å². The van der Waals surface area contributed by atoms with E-state index >= 15 is 0 Å². The summed E-state index contributed by atoms with van der Waals surface area (Å²) in [4.78, 5) is 0. The quantitative estimate of drug-likeness (QED) is 0.750. The van der Waals surface area contributed by atoms with Crippen molar-refractivity contribution in [3.8, 4) is 0 Å². The molecule has 0 aromatic heterocycles. The first-order valence-electron chi connectivity index (χ1n) is 5.51. The number of hydrogen-bond acceptors (Lipinski definition) is 1. The van der Waals surface area contributed by atoms with Crippen molar-refractivity contribution in [1.82, 2.24) is 5.32 Å². The molecule has 0 amide bonds. The average Bonchev–Trinajstić information content (AvgIpc) is 2.80. The van der Waals surface area contributed by atoms with Crippen molar-refractivity contribution in [3.63, 3.8) is 0 Å². The third-order valence-corrected chi connectivity index (χ3v) is 3.91. The minimum absolute atomic E-state index is 0.173. The summed E-state index contributed by atoms with van der Waals surface area (Å²) >= 11 is 0. The van der Waals surface area contributed by atoms with E-state index in [-0.39, 0.29) is 5.41 Å². The lowest BCUT2D eigenvalue weighted by Gasteiger charge is -2.15. The summed E-state index contributed by atoms with van der Waals surface area (Å²) in [5.41, 5.74) is -0.712. The van der Waals surface area contributed by atoms with Crippen LogP contribution in [0.3, 0.4) is 0 Å². The molecule has 1 saturated carbocycles. The molecule has 2 atom stereocenters. The van der Waals surface area contributed by atoms with E-state index in [9.17, 15) is 17.6 Å². The summed E-state index contributed by atoms with van der Waals surface area (Å²) in [6, 6.07) is 3.39. The van der Waals surface area contributed by atoms with Crippen molar-refractivity contribution in [3.05, 3.63) is 35.1 Å². The lowest BCUT2D eigenvalue weighted by Crippen LogP contribution is -2.20. The van der Waals surface area contributed by atoms with Gasteiger partial charge in [-0.3, -0.25) is 0 Å². The van der Waals surface area contributed by atoms with Gasteiger partial charge in [0.25, 0.3) is 0 Å². The van der Waals surface area contributed by atoms with Crippen LogP contribution in [0.25, 0.3) is 0 Å². The smallest absolute Gasteiger partial charge is 0.316 e. The first-order valence-corrected chi connectivity index (χ1v) is 5.51. The number of halogens is 4. The van der Waals surface area contributed by atoms with Gasteiger partial charge in [-0.15, -0.1) is 0 Å². The predicted octanol–water partition coefficient (Wildman–Crippen LogP) is 2.71. The van der Waals surface area contributed by atoms with Crippen molar-refractivity contribution in [1.29, 1.82) is 0 Å². The van der Waals surface area contributed by atoms with Gasteiger partial charge in [0.1, 0.15) is 5.82 Å². The lowest BCUT2D eigenvalue weighted by molar-refractivity contribution is -0.140. The van der Waals surface area contributed by atoms with Crippen LogP contribution in [0.15, 0.2) is 18.2 Å². The first kappa shape index (κ1) is 11.0. The van der Waals surface area contributed by atoms with Gasteiger partial charge in [-0.1, -0.05) is 6.07 Å². The Kier molecular flexibility index (Phi) is 2.09. The summed E-state index contributed by atoms with van der Waals surface area (Å²) in [5, 5.41) is 3.16. The van der Waals surface area contributed by atoms with E-state index in [4.69, 9.17) is 0 Å². The summed E-state index contributed by atoms with van der Waals surface area (Å²) in [5.74, 6) is -0.783. The van der Waals surface area contributed by atoms with E-state index in [1.807, 2.05) is 0 Å². The molecule has 0 bridgehead atoms. The van der Waals surface area contributed by atoms with Gasteiger partial charge in [-0.05, 0) is 36.6 Å². The van der Waals surface area contributed by atoms with Crippen molar-refractivity contribution in [2.75, 3.05) is 13.1 Å². The number of benzene rings is 1. The molecule has 2 fully saturated rings. The monoisotopic (exact) mass is 245 g/mol. The molecule has 1 aromatic rings. The summed E-state index contributed by atoms with van der Waals surface area (Å²) in [6.07, 6.45) is -3.71. The zero-order valence-electron chi connectivity index (χ0n) is 8.94. The second-order valence-corrected chi connectivity index (χ2v) is 4.88. The Morgan fingerprint density at radius 3 is 2.59 bits per heavy atom. The normalized spacial score (nSPS) is 31.4. The molecular formula is C12H11F4N. The third-order valence-electron chi connectivity index (χ3n) is 3.91. The van der Waals surface area contributed by atoms with Gasteiger partial charge < -0.3 is 5.32 Å². The second kappa shape index (κ2) is 3.22. The Morgan fingerprint density at radius 2 is 2.06 bits per heavy atom. The van der Waals surface area contributed by atoms with Gasteiger partial charge in [0.05, 0.1) is 5.56 Å². The first-order chi connectivity index (χ1) is 7.93. The van der Waals surface area contributed by atoms with Gasteiger partial charge in [-0.2, -0.15) is 13.2 Å². The van der Waals surface area contributed by atoms with E-state index in [1.165, 1.54) is 6.07 Å². The van der Waals surface area contributed by atoms with Crippen LogP contribution in [0.4, 0.5) is 17.6 Å². The molecule has 1 nitrogen and oxygen atoms in total. The van der Waals surface area contributed by atoms with E-state index in [0.29, 0.717) is 18.0 Å². The molecule has 1 aromatic carbocycles. The van der Waals surface area contributed by atoms with Gasteiger partial charge in [0.15, 0.2) is 0 Å². The van der Waals surface area contributed by atoms with E-state index in [1.54, 1.807) is 0 Å². The highest BCUT2D eigenvalue weighted by Crippen LogP contribution is 2.56. The van der Waals surface area contributed by atoms with Crippen LogP contribution in [-0.4, -0.2) is 13.1 Å². The molecule has 1 aliphatic heterocycles. The molecule has 1 saturated heterocycles. The Morgan fingerprint density at radius 1 is 1.29 bits per heavy atom. The summed E-state index contributed by atoms with van der Waals surface area (Å²) in [6.45, 7) is 1.54. The fourth-order valence-electron chi connectivity index (χ4n) is 2.84. The Labute approximate surface area is 95.8 Å². The van der Waals surface area contributed by atoms with Crippen LogP contribution in [0.2, 0.25) is 0 Å². The molecule has 2 unspecified atom stereocenters. The molecule has 2 aliphatic rings. The fraction of sp³-hybridized carbons (Fsp3) is 0.500. The maximum atomic E-state index is 13.2. The Bertz CT molecular complexity index is 468. The molecule has 1 aliphatic carbocycles. The van der Waals surface area contributed by atoms with E-state index in [0.717, 1.165) is 25.1 Å². The molecule has 0 spiro atoms.